The van der Waals surface area contributed by atoms with Gasteiger partial charge in [-0.1, -0.05) is 40.2 Å². The van der Waals surface area contributed by atoms with Gasteiger partial charge in [0, 0.05) is 17.1 Å². The molecular formula is C16H15BrN4. The number of aromatic amines is 1. The zero-order chi connectivity index (χ0) is 14.2. The summed E-state index contributed by atoms with van der Waals surface area (Å²) in [6.07, 6.45) is 5.57. The molecule has 0 spiro atoms. The molecule has 5 heteroatoms. The highest BCUT2D eigenvalue weighted by atomic mass is 79.9. The fourth-order valence-electron chi connectivity index (χ4n) is 3.04. The van der Waals surface area contributed by atoms with Crippen molar-refractivity contribution in [3.8, 4) is 0 Å². The van der Waals surface area contributed by atoms with E-state index in [1.54, 1.807) is 6.33 Å². The Morgan fingerprint density at radius 2 is 2.10 bits per heavy atom. The zero-order valence-corrected chi connectivity index (χ0v) is 13.0. The minimum atomic E-state index is 0.372. The number of nitrogens with one attached hydrogen (secondary N) is 2. The molecule has 1 aromatic carbocycles. The molecule has 21 heavy (non-hydrogen) atoms. The highest BCUT2D eigenvalue weighted by molar-refractivity contribution is 9.09. The molecule has 4 rings (SSSR count). The van der Waals surface area contributed by atoms with Crippen LogP contribution in [0.4, 0.5) is 5.82 Å². The van der Waals surface area contributed by atoms with E-state index in [4.69, 9.17) is 0 Å². The minimum absolute atomic E-state index is 0.372. The van der Waals surface area contributed by atoms with Gasteiger partial charge < -0.3 is 10.3 Å². The molecule has 0 saturated carbocycles. The van der Waals surface area contributed by atoms with Gasteiger partial charge >= 0.3 is 0 Å². The standard InChI is InChI=1S/C16H15BrN4/c17-14-8-11(7-10-3-1-2-4-12(10)14)21-16-13-5-6-18-15(13)19-9-20-16/h1-6,9,11,14H,7-8H2,(H2,18,19,20,21). The van der Waals surface area contributed by atoms with Crippen LogP contribution < -0.4 is 5.32 Å². The Morgan fingerprint density at radius 3 is 3.05 bits per heavy atom. The molecule has 0 fully saturated rings. The predicted octanol–water partition coefficient (Wildman–Crippen LogP) is 3.82. The van der Waals surface area contributed by atoms with Crippen LogP contribution in [0.5, 0.6) is 0 Å². The highest BCUT2D eigenvalue weighted by Crippen LogP contribution is 2.37. The van der Waals surface area contributed by atoms with Crippen molar-refractivity contribution in [1.82, 2.24) is 15.0 Å². The first-order valence-corrected chi connectivity index (χ1v) is 7.99. The maximum Gasteiger partial charge on any atom is 0.142 e. The minimum Gasteiger partial charge on any atom is -0.366 e. The van der Waals surface area contributed by atoms with Crippen molar-refractivity contribution < 1.29 is 0 Å². The van der Waals surface area contributed by atoms with E-state index in [0.717, 1.165) is 29.7 Å². The molecule has 1 aliphatic carbocycles. The summed E-state index contributed by atoms with van der Waals surface area (Å²) in [5.74, 6) is 0.908. The van der Waals surface area contributed by atoms with Crippen LogP contribution in [-0.4, -0.2) is 21.0 Å². The first-order valence-electron chi connectivity index (χ1n) is 7.08. The Bertz CT molecular complexity index is 783. The summed E-state index contributed by atoms with van der Waals surface area (Å²) in [7, 11) is 0. The summed E-state index contributed by atoms with van der Waals surface area (Å²) in [4.78, 5) is 12.1. The fourth-order valence-corrected chi connectivity index (χ4v) is 3.94. The molecule has 0 saturated heterocycles. The summed E-state index contributed by atoms with van der Waals surface area (Å²) >= 11 is 3.80. The maximum absolute atomic E-state index is 4.40. The smallest absolute Gasteiger partial charge is 0.142 e. The normalized spacial score (nSPS) is 21.2. The van der Waals surface area contributed by atoms with Crippen LogP contribution in [0, 0.1) is 0 Å². The number of hydrogen-bond donors (Lipinski definition) is 2. The molecule has 0 amide bonds. The molecule has 0 aliphatic heterocycles. The molecule has 2 atom stereocenters. The van der Waals surface area contributed by atoms with Gasteiger partial charge in [0.1, 0.15) is 17.8 Å². The number of alkyl halides is 1. The van der Waals surface area contributed by atoms with Gasteiger partial charge in [-0.05, 0) is 30.0 Å². The third-order valence-corrected chi connectivity index (χ3v) is 4.91. The third-order valence-electron chi connectivity index (χ3n) is 4.05. The molecule has 0 bridgehead atoms. The van der Waals surface area contributed by atoms with Crippen LogP contribution in [0.25, 0.3) is 11.0 Å². The Morgan fingerprint density at radius 1 is 1.19 bits per heavy atom. The number of nitrogens with zero attached hydrogens (tertiary/aromatic N) is 2. The molecule has 2 N–H and O–H groups in total. The number of fused-ring (bicyclic) bond motifs is 2. The Labute approximate surface area is 131 Å². The van der Waals surface area contributed by atoms with Crippen molar-refractivity contribution in [2.24, 2.45) is 0 Å². The summed E-state index contributed by atoms with van der Waals surface area (Å²) in [5, 5.41) is 4.62. The summed E-state index contributed by atoms with van der Waals surface area (Å²) in [6, 6.07) is 11.0. The van der Waals surface area contributed by atoms with Crippen molar-refractivity contribution in [2.75, 3.05) is 5.32 Å². The van der Waals surface area contributed by atoms with E-state index in [1.165, 1.54) is 11.1 Å². The number of hydrogen-bond acceptors (Lipinski definition) is 3. The summed E-state index contributed by atoms with van der Waals surface area (Å²) in [5.41, 5.74) is 3.69. The molecule has 2 heterocycles. The Balaban J connectivity index is 1.63. The van der Waals surface area contributed by atoms with Crippen LogP contribution in [0.2, 0.25) is 0 Å². The van der Waals surface area contributed by atoms with Gasteiger partial charge in [-0.3, -0.25) is 0 Å². The van der Waals surface area contributed by atoms with Crippen LogP contribution in [-0.2, 0) is 6.42 Å². The molecule has 106 valence electrons. The van der Waals surface area contributed by atoms with Crippen molar-refractivity contribution in [3.05, 3.63) is 54.0 Å². The summed E-state index contributed by atoms with van der Waals surface area (Å²) in [6.45, 7) is 0. The SMILES string of the molecule is BrC1CC(Nc2ncnc3[nH]ccc23)Cc2ccccc21. The molecule has 3 aromatic rings. The molecule has 1 aliphatic rings. The van der Waals surface area contributed by atoms with Crippen LogP contribution in [0.3, 0.4) is 0 Å². The number of halogens is 1. The number of H-pyrrole nitrogens is 1. The lowest BCUT2D eigenvalue weighted by atomic mass is 9.88. The highest BCUT2D eigenvalue weighted by Gasteiger charge is 2.25. The number of benzene rings is 1. The Kier molecular flexibility index (Phi) is 3.15. The third kappa shape index (κ3) is 2.31. The van der Waals surface area contributed by atoms with E-state index in [2.05, 4.69) is 60.5 Å². The lowest BCUT2D eigenvalue weighted by molar-refractivity contribution is 0.606. The topological polar surface area (TPSA) is 53.6 Å². The lowest BCUT2D eigenvalue weighted by Gasteiger charge is -2.29. The summed E-state index contributed by atoms with van der Waals surface area (Å²) < 4.78 is 0. The predicted molar refractivity (Wildman–Crippen MR) is 87.7 cm³/mol. The van der Waals surface area contributed by atoms with Crippen molar-refractivity contribution in [1.29, 1.82) is 0 Å². The number of anilines is 1. The maximum atomic E-state index is 4.40. The average Bonchev–Trinajstić information content (AvgIpc) is 2.97. The molecular weight excluding hydrogens is 328 g/mol. The van der Waals surface area contributed by atoms with Gasteiger partial charge in [-0.15, -0.1) is 0 Å². The van der Waals surface area contributed by atoms with Crippen molar-refractivity contribution in [2.45, 2.75) is 23.7 Å². The largest absolute Gasteiger partial charge is 0.366 e. The monoisotopic (exact) mass is 342 g/mol. The van der Waals surface area contributed by atoms with E-state index in [1.807, 2.05) is 12.3 Å². The van der Waals surface area contributed by atoms with E-state index in [0.29, 0.717) is 10.9 Å². The fraction of sp³-hybridized carbons (Fsp3) is 0.250. The van der Waals surface area contributed by atoms with Gasteiger partial charge in [0.2, 0.25) is 0 Å². The van der Waals surface area contributed by atoms with Gasteiger partial charge in [-0.2, -0.15) is 0 Å². The second kappa shape index (κ2) is 5.15. The van der Waals surface area contributed by atoms with Crippen molar-refractivity contribution >= 4 is 32.8 Å². The first-order chi connectivity index (χ1) is 10.3. The molecule has 4 nitrogen and oxygen atoms in total. The van der Waals surface area contributed by atoms with Gasteiger partial charge in [0.25, 0.3) is 0 Å². The molecule has 2 aromatic heterocycles. The van der Waals surface area contributed by atoms with E-state index < -0.39 is 0 Å². The van der Waals surface area contributed by atoms with Gasteiger partial charge in [0.15, 0.2) is 0 Å². The average molecular weight is 343 g/mol. The number of aromatic nitrogens is 3. The van der Waals surface area contributed by atoms with E-state index in [9.17, 15) is 0 Å². The van der Waals surface area contributed by atoms with E-state index in [-0.39, 0.29) is 0 Å². The zero-order valence-electron chi connectivity index (χ0n) is 11.4. The van der Waals surface area contributed by atoms with E-state index >= 15 is 0 Å². The van der Waals surface area contributed by atoms with Crippen LogP contribution in [0.1, 0.15) is 22.4 Å². The molecule has 0 radical (unpaired) electrons. The Hall–Kier alpha value is -1.88. The van der Waals surface area contributed by atoms with Gasteiger partial charge in [0.05, 0.1) is 5.39 Å². The second-order valence-electron chi connectivity index (χ2n) is 5.41. The lowest BCUT2D eigenvalue weighted by Crippen LogP contribution is -2.28. The van der Waals surface area contributed by atoms with Gasteiger partial charge in [-0.25, -0.2) is 9.97 Å². The molecule has 2 unspecified atom stereocenters. The van der Waals surface area contributed by atoms with Crippen LogP contribution >= 0.6 is 15.9 Å². The van der Waals surface area contributed by atoms with Crippen LogP contribution in [0.15, 0.2) is 42.9 Å². The number of rotatable bonds is 2. The second-order valence-corrected chi connectivity index (χ2v) is 6.51. The first kappa shape index (κ1) is 12.8. The van der Waals surface area contributed by atoms with Crippen molar-refractivity contribution in [3.63, 3.8) is 0 Å². The quantitative estimate of drug-likeness (QED) is 0.696.